The predicted octanol–water partition coefficient (Wildman–Crippen LogP) is 3.05. The molecule has 17 heavy (non-hydrogen) atoms. The van der Waals surface area contributed by atoms with E-state index >= 15 is 0 Å². The topological polar surface area (TPSA) is 32.7 Å². The molecule has 1 heterocycles. The molecule has 1 aromatic rings. The first kappa shape index (κ1) is 11.8. The van der Waals surface area contributed by atoms with Gasteiger partial charge in [0, 0.05) is 0 Å². The lowest BCUT2D eigenvalue weighted by atomic mass is 10.1. The van der Waals surface area contributed by atoms with E-state index in [9.17, 15) is 4.79 Å². The number of rotatable bonds is 2. The molecule has 0 fully saturated rings. The molecular weight excluding hydrogens is 212 g/mol. The van der Waals surface area contributed by atoms with Crippen LogP contribution in [0.25, 0.3) is 0 Å². The lowest BCUT2D eigenvalue weighted by Crippen LogP contribution is -2.20. The molecule has 2 rings (SSSR count). The molecule has 1 aliphatic rings. The van der Waals surface area contributed by atoms with Gasteiger partial charge in [0.2, 0.25) is 0 Å². The molecule has 0 aromatic heterocycles. The third-order valence-corrected chi connectivity index (χ3v) is 3.04. The van der Waals surface area contributed by atoms with E-state index in [0.717, 1.165) is 17.0 Å². The number of hydrogen-bond acceptors (Lipinski definition) is 2. The highest BCUT2D eigenvalue weighted by Gasteiger charge is 2.27. The van der Waals surface area contributed by atoms with E-state index in [1.54, 1.807) is 5.01 Å². The quantitative estimate of drug-likeness (QED) is 0.768. The third kappa shape index (κ3) is 2.23. The lowest BCUT2D eigenvalue weighted by molar-refractivity contribution is -0.116. The van der Waals surface area contributed by atoms with Crippen LogP contribution in [-0.2, 0) is 4.79 Å². The van der Waals surface area contributed by atoms with Crippen LogP contribution in [0.15, 0.2) is 23.3 Å². The van der Waals surface area contributed by atoms with E-state index < -0.39 is 0 Å². The molecule has 0 atom stereocenters. The van der Waals surface area contributed by atoms with Crippen LogP contribution in [0.1, 0.15) is 31.4 Å². The summed E-state index contributed by atoms with van der Waals surface area (Å²) in [6.45, 7) is 8.19. The molecule has 0 saturated carbocycles. The van der Waals surface area contributed by atoms with Crippen molar-refractivity contribution in [2.45, 2.75) is 34.1 Å². The van der Waals surface area contributed by atoms with Gasteiger partial charge >= 0.3 is 0 Å². The van der Waals surface area contributed by atoms with Gasteiger partial charge in [0.25, 0.3) is 5.91 Å². The van der Waals surface area contributed by atoms with Gasteiger partial charge in [-0.15, -0.1) is 0 Å². The van der Waals surface area contributed by atoms with Crippen LogP contribution in [0.3, 0.4) is 0 Å². The number of hydrazone groups is 1. The molecule has 1 amide bonds. The molecule has 1 aromatic carbocycles. The Morgan fingerprint density at radius 2 is 2.00 bits per heavy atom. The Bertz CT molecular complexity index is 489. The molecule has 0 spiro atoms. The minimum atomic E-state index is 0.0700. The Labute approximate surface area is 102 Å². The number of anilines is 1. The summed E-state index contributed by atoms with van der Waals surface area (Å²) in [6.07, 6.45) is 0.449. The highest BCUT2D eigenvalue weighted by atomic mass is 16.2. The summed E-state index contributed by atoms with van der Waals surface area (Å²) >= 11 is 0. The molecule has 0 bridgehead atoms. The van der Waals surface area contributed by atoms with Crippen molar-refractivity contribution in [1.29, 1.82) is 0 Å². The standard InChI is InChI=1S/C14H18N2O/c1-9(2)12-8-14(17)16(15-12)13-6-5-10(3)7-11(13)4/h5-7,9H,8H2,1-4H3. The normalized spacial score (nSPS) is 15.7. The van der Waals surface area contributed by atoms with Gasteiger partial charge in [0.15, 0.2) is 0 Å². The van der Waals surface area contributed by atoms with Crippen molar-refractivity contribution in [2.75, 3.05) is 5.01 Å². The van der Waals surface area contributed by atoms with Crippen molar-refractivity contribution >= 4 is 17.3 Å². The summed E-state index contributed by atoms with van der Waals surface area (Å²) in [5, 5.41) is 5.98. The van der Waals surface area contributed by atoms with Gasteiger partial charge in [-0.25, -0.2) is 5.01 Å². The first-order valence-corrected chi connectivity index (χ1v) is 5.96. The molecule has 0 aliphatic carbocycles. The number of carbonyl (C=O) groups is 1. The van der Waals surface area contributed by atoms with Crippen molar-refractivity contribution in [1.82, 2.24) is 0 Å². The fourth-order valence-corrected chi connectivity index (χ4v) is 2.00. The summed E-state index contributed by atoms with van der Waals surface area (Å²) in [5.74, 6) is 0.398. The Hall–Kier alpha value is -1.64. The number of carbonyl (C=O) groups excluding carboxylic acids is 1. The van der Waals surface area contributed by atoms with Crippen LogP contribution in [0.4, 0.5) is 5.69 Å². The van der Waals surface area contributed by atoms with Gasteiger partial charge in [0.05, 0.1) is 17.8 Å². The monoisotopic (exact) mass is 230 g/mol. The van der Waals surface area contributed by atoms with Crippen molar-refractivity contribution in [3.05, 3.63) is 29.3 Å². The van der Waals surface area contributed by atoms with Crippen LogP contribution in [0, 0.1) is 19.8 Å². The Balaban J connectivity index is 2.37. The van der Waals surface area contributed by atoms with E-state index in [0.29, 0.717) is 12.3 Å². The largest absolute Gasteiger partial charge is 0.272 e. The minimum absolute atomic E-state index is 0.0700. The van der Waals surface area contributed by atoms with E-state index in [1.165, 1.54) is 5.56 Å². The Morgan fingerprint density at radius 3 is 2.53 bits per heavy atom. The zero-order valence-corrected chi connectivity index (χ0v) is 10.8. The van der Waals surface area contributed by atoms with Gasteiger partial charge in [0.1, 0.15) is 0 Å². The number of nitrogens with zero attached hydrogens (tertiary/aromatic N) is 2. The first-order chi connectivity index (χ1) is 7.99. The molecule has 90 valence electrons. The molecule has 0 radical (unpaired) electrons. The van der Waals surface area contributed by atoms with Crippen LogP contribution in [0.2, 0.25) is 0 Å². The highest BCUT2D eigenvalue weighted by Crippen LogP contribution is 2.26. The average Bonchev–Trinajstić information content (AvgIpc) is 2.61. The molecule has 0 saturated heterocycles. The summed E-state index contributed by atoms with van der Waals surface area (Å²) in [5.41, 5.74) is 4.16. The smallest absolute Gasteiger partial charge is 0.253 e. The second-order valence-corrected chi connectivity index (χ2v) is 4.92. The third-order valence-electron chi connectivity index (χ3n) is 3.04. The first-order valence-electron chi connectivity index (χ1n) is 5.96. The predicted molar refractivity (Wildman–Crippen MR) is 70.3 cm³/mol. The number of amides is 1. The van der Waals surface area contributed by atoms with E-state index in [2.05, 4.69) is 25.0 Å². The summed E-state index contributed by atoms with van der Waals surface area (Å²) < 4.78 is 0. The van der Waals surface area contributed by atoms with Crippen LogP contribution in [0.5, 0.6) is 0 Å². The van der Waals surface area contributed by atoms with Crippen molar-refractivity contribution in [2.24, 2.45) is 11.0 Å². The zero-order valence-electron chi connectivity index (χ0n) is 10.8. The SMILES string of the molecule is Cc1ccc(N2N=C(C(C)C)CC2=O)c(C)c1. The van der Waals surface area contributed by atoms with Crippen LogP contribution in [-0.4, -0.2) is 11.6 Å². The highest BCUT2D eigenvalue weighted by molar-refractivity contribution is 6.13. The van der Waals surface area contributed by atoms with Gasteiger partial charge in [-0.2, -0.15) is 5.10 Å². The second kappa shape index (κ2) is 4.32. The molecule has 3 nitrogen and oxygen atoms in total. The minimum Gasteiger partial charge on any atom is -0.272 e. The average molecular weight is 230 g/mol. The Kier molecular flexibility index (Phi) is 3.01. The molecule has 1 aliphatic heterocycles. The summed E-state index contributed by atoms with van der Waals surface area (Å²) in [6, 6.07) is 6.05. The Morgan fingerprint density at radius 1 is 1.29 bits per heavy atom. The summed E-state index contributed by atoms with van der Waals surface area (Å²) in [7, 11) is 0. The second-order valence-electron chi connectivity index (χ2n) is 4.92. The number of aryl methyl sites for hydroxylation is 2. The van der Waals surface area contributed by atoms with E-state index in [4.69, 9.17) is 0 Å². The molecular formula is C14H18N2O. The van der Waals surface area contributed by atoms with Gasteiger partial charge in [-0.05, 0) is 31.4 Å². The maximum Gasteiger partial charge on any atom is 0.253 e. The molecule has 0 N–H and O–H groups in total. The van der Waals surface area contributed by atoms with Crippen LogP contribution >= 0.6 is 0 Å². The fraction of sp³-hybridized carbons (Fsp3) is 0.429. The maximum absolute atomic E-state index is 11.9. The summed E-state index contributed by atoms with van der Waals surface area (Å²) in [4.78, 5) is 11.9. The molecule has 0 unspecified atom stereocenters. The zero-order chi connectivity index (χ0) is 12.6. The number of benzene rings is 1. The maximum atomic E-state index is 11.9. The van der Waals surface area contributed by atoms with Gasteiger partial charge < -0.3 is 0 Å². The number of hydrogen-bond donors (Lipinski definition) is 0. The van der Waals surface area contributed by atoms with Crippen molar-refractivity contribution < 1.29 is 4.79 Å². The molecule has 3 heteroatoms. The lowest BCUT2D eigenvalue weighted by Gasteiger charge is -2.15. The van der Waals surface area contributed by atoms with E-state index in [1.807, 2.05) is 26.0 Å². The van der Waals surface area contributed by atoms with Gasteiger partial charge in [-0.1, -0.05) is 31.5 Å². The fourth-order valence-electron chi connectivity index (χ4n) is 2.00. The van der Waals surface area contributed by atoms with Crippen molar-refractivity contribution in [3.8, 4) is 0 Å². The van der Waals surface area contributed by atoms with Crippen LogP contribution < -0.4 is 5.01 Å². The van der Waals surface area contributed by atoms with E-state index in [-0.39, 0.29) is 5.91 Å². The van der Waals surface area contributed by atoms with Crippen molar-refractivity contribution in [3.63, 3.8) is 0 Å². The van der Waals surface area contributed by atoms with Gasteiger partial charge in [-0.3, -0.25) is 4.79 Å².